The molecule has 0 saturated carbocycles. The highest BCUT2D eigenvalue weighted by atomic mass is 79.9. The van der Waals surface area contributed by atoms with Crippen LogP contribution >= 0.6 is 15.9 Å². The average Bonchev–Trinajstić information content (AvgIpc) is 1.76. The van der Waals surface area contributed by atoms with Crippen LogP contribution in [0.3, 0.4) is 0 Å². The number of primary amides is 1. The summed E-state index contributed by atoms with van der Waals surface area (Å²) in [6.07, 6.45) is 21.0. The van der Waals surface area contributed by atoms with Crippen LogP contribution < -0.4 is 5.73 Å². The van der Waals surface area contributed by atoms with Crippen molar-refractivity contribution in [3.8, 4) is 45.0 Å². The Hall–Kier alpha value is -11.6. The molecule has 4 aromatic carbocycles. The molecule has 0 unspecified atom stereocenters. The fourth-order valence-corrected chi connectivity index (χ4v) is 9.17. The van der Waals surface area contributed by atoms with E-state index in [1.54, 1.807) is 24.3 Å². The maximum Gasteiger partial charge on any atom is 0.270 e. The number of nitrogens with zero attached hydrogens (tertiary/aromatic N) is 14. The largest absolute Gasteiger partial charge is 0.400 e. The first-order valence-electron chi connectivity index (χ1n) is 28.3. The summed E-state index contributed by atoms with van der Waals surface area (Å²) in [6, 6.07) is 62.3. The first-order valence-corrected chi connectivity index (χ1v) is 29.1. The van der Waals surface area contributed by atoms with E-state index in [4.69, 9.17) is 29.0 Å². The highest BCUT2D eigenvalue weighted by Crippen LogP contribution is 2.23. The molecule has 0 fully saturated rings. The molecule has 12 rings (SSSR count). The van der Waals surface area contributed by atoms with E-state index in [9.17, 15) is 4.79 Å². The van der Waals surface area contributed by atoms with E-state index < -0.39 is 5.91 Å². The Morgan fingerprint density at radius 2 is 0.755 bits per heavy atom. The number of imidazole rings is 4. The lowest BCUT2D eigenvalue weighted by Gasteiger charge is -2.03. The highest BCUT2D eigenvalue weighted by Gasteiger charge is 2.11. The SMILES string of the molecule is C.C.C.C.CO.Cn1cc(-c2ccccc2)nc1/C=C/c1cccc(Br)n1.Cn1cc(-c2ccccc2)nc1CCc1cccc(C(N)=O)n1.[C-]#[N+]c1cccc(/C=C/c2nc(-c3ccccc3)cn2C)n1.[C-]#[N+]c1cccc(/C=C/c2nc(-c3ccccc3)cn2C)n1. The van der Waals surface area contributed by atoms with Gasteiger partial charge in [0.1, 0.15) is 33.6 Å². The standard InChI is InChI=1S/C18H18N4O.2C18H14N4.C17H14BrN3.CH4O.4CH4/c1-22-12-16(13-6-3-2-4-7-13)21-17(22)11-10-14-8-5-9-15(20-14)18(19)23;2*1-19-17-10-6-9-15(20-17)11-12-18-21-16(13-22(18)2)14-7-4-3-5-8-14;1-21-12-15(13-6-3-2-4-7-13)20-17(21)11-10-14-8-5-9-16(18)19-14;1-2;;;;/h2-9,12H,10-11H2,1H3,(H2,19,23);2*3-13H,2H3;2-12H,1H3;2H,1H3;4*1H4/b;2*12-11+;11-10+;;;;;. The molecule has 0 aliphatic heterocycles. The zero-order valence-corrected chi connectivity index (χ0v) is 51.8. The minimum atomic E-state index is -0.504. The molecule has 0 aliphatic carbocycles. The van der Waals surface area contributed by atoms with Crippen LogP contribution in [0.1, 0.15) is 86.3 Å². The summed E-state index contributed by atoms with van der Waals surface area (Å²) in [7, 11) is 8.90. The molecule has 17 nitrogen and oxygen atoms in total. The van der Waals surface area contributed by atoms with E-state index >= 15 is 0 Å². The molecule has 94 heavy (non-hydrogen) atoms. The van der Waals surface area contributed by atoms with E-state index in [-0.39, 0.29) is 29.7 Å². The van der Waals surface area contributed by atoms with Gasteiger partial charge in [-0.25, -0.2) is 29.9 Å². The first-order chi connectivity index (χ1) is 43.9. The average molecular weight is 1320 g/mol. The first kappa shape index (κ1) is 74.9. The number of aromatic nitrogens is 12. The topological polar surface area (TPSA) is 195 Å². The fraction of sp³-hybridized carbons (Fsp3) is 0.145. The van der Waals surface area contributed by atoms with Crippen molar-refractivity contribution in [3.63, 3.8) is 0 Å². The van der Waals surface area contributed by atoms with Gasteiger partial charge in [-0.3, -0.25) is 4.79 Å². The van der Waals surface area contributed by atoms with Crippen molar-refractivity contribution in [3.05, 3.63) is 298 Å². The number of carbonyl (C=O) groups is 1. The Labute approximate surface area is 561 Å². The molecule has 0 atom stereocenters. The number of aliphatic hydroxyl groups is 1. The predicted molar refractivity (Wildman–Crippen MR) is 390 cm³/mol. The molecule has 8 aromatic heterocycles. The molecule has 3 N–H and O–H groups in total. The molecule has 0 spiro atoms. The van der Waals surface area contributed by atoms with Crippen LogP contribution in [0.15, 0.2) is 224 Å². The molecule has 0 radical (unpaired) electrons. The van der Waals surface area contributed by atoms with E-state index in [0.29, 0.717) is 23.8 Å². The normalized spacial score (nSPS) is 10.2. The third-order valence-electron chi connectivity index (χ3n) is 13.3. The molecule has 478 valence electrons. The molecule has 12 aromatic rings. The van der Waals surface area contributed by atoms with Gasteiger partial charge in [0.25, 0.3) is 17.5 Å². The van der Waals surface area contributed by atoms with Gasteiger partial charge in [-0.15, -0.1) is 9.97 Å². The lowest BCUT2D eigenvalue weighted by molar-refractivity contribution is 0.0995. The summed E-state index contributed by atoms with van der Waals surface area (Å²) in [5.74, 6) is 3.85. The van der Waals surface area contributed by atoms with Gasteiger partial charge in [0.05, 0.1) is 28.5 Å². The maximum absolute atomic E-state index is 11.2. The minimum absolute atomic E-state index is 0. The summed E-state index contributed by atoms with van der Waals surface area (Å²) in [5.41, 5.74) is 17.0. The van der Waals surface area contributed by atoms with Crippen molar-refractivity contribution in [2.45, 2.75) is 42.5 Å². The van der Waals surface area contributed by atoms with E-state index in [2.05, 4.69) is 72.6 Å². The maximum atomic E-state index is 11.2. The predicted octanol–water partition coefficient (Wildman–Crippen LogP) is 17.3. The van der Waals surface area contributed by atoms with Gasteiger partial charge in [-0.05, 0) is 107 Å². The number of hydrogen-bond acceptors (Lipinski definition) is 10. The fourth-order valence-electron chi connectivity index (χ4n) is 8.82. The Morgan fingerprint density at radius 3 is 1.12 bits per heavy atom. The van der Waals surface area contributed by atoms with Crippen LogP contribution in [-0.4, -0.2) is 76.3 Å². The second kappa shape index (κ2) is 38.2. The van der Waals surface area contributed by atoms with Gasteiger partial charge < -0.3 is 38.8 Å². The van der Waals surface area contributed by atoms with Crippen LogP contribution in [0.5, 0.6) is 0 Å². The number of nitrogens with two attached hydrogens (primary N) is 1. The monoisotopic (exact) mass is 1310 g/mol. The smallest absolute Gasteiger partial charge is 0.270 e. The Balaban J connectivity index is 0.000000261. The summed E-state index contributed by atoms with van der Waals surface area (Å²) in [4.78, 5) is 53.5. The molecular weight excluding hydrogens is 1230 g/mol. The number of benzene rings is 4. The zero-order chi connectivity index (χ0) is 63.6. The number of pyridine rings is 4. The number of rotatable bonds is 14. The van der Waals surface area contributed by atoms with E-state index in [1.165, 1.54) is 0 Å². The van der Waals surface area contributed by atoms with Crippen molar-refractivity contribution in [2.75, 3.05) is 7.11 Å². The molecule has 0 aliphatic rings. The van der Waals surface area contributed by atoms with Gasteiger partial charge in [0, 0.05) is 94.5 Å². The molecular formula is C76H80BrN15O2. The number of hydrogen-bond donors (Lipinski definition) is 2. The molecule has 0 saturated heterocycles. The Kier molecular flexibility index (Phi) is 30.4. The number of aliphatic hydroxyl groups excluding tert-OH is 1. The molecule has 18 heteroatoms. The van der Waals surface area contributed by atoms with Gasteiger partial charge in [-0.1, -0.05) is 188 Å². The Morgan fingerprint density at radius 1 is 0.415 bits per heavy atom. The number of aryl methyl sites for hydroxylation is 6. The van der Waals surface area contributed by atoms with Gasteiger partial charge in [-0.2, -0.15) is 0 Å². The van der Waals surface area contributed by atoms with Crippen LogP contribution in [0.4, 0.5) is 11.6 Å². The second-order valence-corrected chi connectivity index (χ2v) is 20.5. The molecule has 8 heterocycles. The lowest BCUT2D eigenvalue weighted by atomic mass is 10.2. The summed E-state index contributed by atoms with van der Waals surface area (Å²) in [5, 5.41) is 7.00. The third kappa shape index (κ3) is 21.8. The van der Waals surface area contributed by atoms with Gasteiger partial charge in [0.2, 0.25) is 0 Å². The van der Waals surface area contributed by atoms with Crippen LogP contribution in [0.25, 0.3) is 91.2 Å². The van der Waals surface area contributed by atoms with Crippen molar-refractivity contribution in [2.24, 2.45) is 33.9 Å². The van der Waals surface area contributed by atoms with Gasteiger partial charge >= 0.3 is 0 Å². The van der Waals surface area contributed by atoms with E-state index in [1.807, 2.05) is 265 Å². The quantitative estimate of drug-likeness (QED) is 0.0781. The summed E-state index contributed by atoms with van der Waals surface area (Å²) < 4.78 is 8.81. The zero-order valence-electron chi connectivity index (χ0n) is 50.2. The molecule has 1 amide bonds. The third-order valence-corrected chi connectivity index (χ3v) is 13.8. The minimum Gasteiger partial charge on any atom is -0.400 e. The van der Waals surface area contributed by atoms with Crippen molar-refractivity contribution >= 4 is 69.9 Å². The second-order valence-electron chi connectivity index (χ2n) is 19.7. The highest BCUT2D eigenvalue weighted by molar-refractivity contribution is 9.10. The van der Waals surface area contributed by atoms with Crippen molar-refractivity contribution in [1.29, 1.82) is 0 Å². The Bertz CT molecular complexity index is 4310. The van der Waals surface area contributed by atoms with Crippen LogP contribution in [0.2, 0.25) is 0 Å². The number of halogens is 1. The van der Waals surface area contributed by atoms with Crippen molar-refractivity contribution < 1.29 is 9.90 Å². The van der Waals surface area contributed by atoms with Crippen LogP contribution in [0, 0.1) is 13.1 Å². The lowest BCUT2D eigenvalue weighted by Crippen LogP contribution is -2.14. The van der Waals surface area contributed by atoms with Gasteiger partial charge in [0.15, 0.2) is 11.4 Å². The summed E-state index contributed by atoms with van der Waals surface area (Å²) in [6.45, 7) is 14.0. The summed E-state index contributed by atoms with van der Waals surface area (Å²) >= 11 is 3.37. The number of carbonyl (C=O) groups excluding carboxylic acids is 1. The van der Waals surface area contributed by atoms with E-state index in [0.717, 1.165) is 109 Å². The number of amides is 1. The van der Waals surface area contributed by atoms with Crippen molar-refractivity contribution in [1.82, 2.24) is 58.1 Å². The van der Waals surface area contributed by atoms with Crippen LogP contribution in [-0.2, 0) is 41.0 Å². The molecule has 0 bridgehead atoms.